The molecule has 0 spiro atoms. The van der Waals surface area contributed by atoms with Crippen LogP contribution in [0.1, 0.15) is 12.0 Å². The Labute approximate surface area is 97.8 Å². The minimum Gasteiger partial charge on any atom is -0.496 e. The first-order valence-electron chi connectivity index (χ1n) is 5.70. The van der Waals surface area contributed by atoms with Crippen LogP contribution in [0.3, 0.4) is 0 Å². The predicted molar refractivity (Wildman–Crippen MR) is 66.1 cm³/mol. The number of rotatable bonds is 8. The summed E-state index contributed by atoms with van der Waals surface area (Å²) in [5, 5.41) is 3.33. The Hall–Kier alpha value is -1.06. The second-order valence-corrected chi connectivity index (χ2v) is 3.66. The first kappa shape index (κ1) is 13.0. The van der Waals surface area contributed by atoms with Gasteiger partial charge in [0.2, 0.25) is 0 Å². The standard InChI is InChI=1S/C13H21NO2/c1-15-11-10-14-9-5-7-12-6-3-4-8-13(12)16-2/h3-4,6,8,14H,5,7,9-11H2,1-2H3. The third-order valence-electron chi connectivity index (χ3n) is 2.48. The molecule has 90 valence electrons. The molecule has 0 aliphatic rings. The number of hydrogen-bond donors (Lipinski definition) is 1. The van der Waals surface area contributed by atoms with Crippen LogP contribution in [0.2, 0.25) is 0 Å². The first-order chi connectivity index (χ1) is 7.88. The van der Waals surface area contributed by atoms with Crippen molar-refractivity contribution in [1.82, 2.24) is 5.32 Å². The second-order valence-electron chi connectivity index (χ2n) is 3.66. The highest BCUT2D eigenvalue weighted by molar-refractivity contribution is 5.33. The van der Waals surface area contributed by atoms with E-state index < -0.39 is 0 Å². The monoisotopic (exact) mass is 223 g/mol. The molecule has 0 unspecified atom stereocenters. The summed E-state index contributed by atoms with van der Waals surface area (Å²) in [6, 6.07) is 8.18. The molecule has 0 aromatic heterocycles. The Morgan fingerprint density at radius 3 is 2.69 bits per heavy atom. The molecule has 0 aliphatic heterocycles. The number of hydrogen-bond acceptors (Lipinski definition) is 3. The Bertz CT molecular complexity index is 289. The average Bonchev–Trinajstić information content (AvgIpc) is 2.34. The minimum absolute atomic E-state index is 0.772. The van der Waals surface area contributed by atoms with E-state index in [0.717, 1.165) is 38.3 Å². The van der Waals surface area contributed by atoms with Gasteiger partial charge in [0.1, 0.15) is 5.75 Å². The van der Waals surface area contributed by atoms with Crippen molar-refractivity contribution < 1.29 is 9.47 Å². The second kappa shape index (κ2) is 8.13. The number of methoxy groups -OCH3 is 2. The molecule has 0 saturated heterocycles. The van der Waals surface area contributed by atoms with Gasteiger partial charge in [-0.1, -0.05) is 18.2 Å². The molecule has 0 amide bonds. The van der Waals surface area contributed by atoms with Crippen LogP contribution >= 0.6 is 0 Å². The molecule has 0 fully saturated rings. The van der Waals surface area contributed by atoms with E-state index >= 15 is 0 Å². The molecule has 0 heterocycles. The number of benzene rings is 1. The van der Waals surface area contributed by atoms with Crippen molar-refractivity contribution in [1.29, 1.82) is 0 Å². The average molecular weight is 223 g/mol. The van der Waals surface area contributed by atoms with Gasteiger partial charge in [0.05, 0.1) is 13.7 Å². The van der Waals surface area contributed by atoms with Gasteiger partial charge in [-0.05, 0) is 31.0 Å². The van der Waals surface area contributed by atoms with Gasteiger partial charge >= 0.3 is 0 Å². The molecule has 0 aliphatic carbocycles. The highest BCUT2D eigenvalue weighted by atomic mass is 16.5. The molecule has 3 nitrogen and oxygen atoms in total. The first-order valence-corrected chi connectivity index (χ1v) is 5.70. The van der Waals surface area contributed by atoms with Gasteiger partial charge in [-0.15, -0.1) is 0 Å². The number of aryl methyl sites for hydroxylation is 1. The predicted octanol–water partition coefficient (Wildman–Crippen LogP) is 1.86. The van der Waals surface area contributed by atoms with Crippen molar-refractivity contribution in [2.45, 2.75) is 12.8 Å². The lowest BCUT2D eigenvalue weighted by atomic mass is 10.1. The smallest absolute Gasteiger partial charge is 0.122 e. The lowest BCUT2D eigenvalue weighted by Crippen LogP contribution is -2.20. The maximum Gasteiger partial charge on any atom is 0.122 e. The Morgan fingerprint density at radius 1 is 1.12 bits per heavy atom. The fourth-order valence-electron chi connectivity index (χ4n) is 1.61. The van der Waals surface area contributed by atoms with Crippen LogP contribution in [-0.4, -0.2) is 33.9 Å². The summed E-state index contributed by atoms with van der Waals surface area (Å²) in [6.07, 6.45) is 2.16. The van der Waals surface area contributed by atoms with E-state index in [0.29, 0.717) is 0 Å². The van der Waals surface area contributed by atoms with E-state index in [1.54, 1.807) is 14.2 Å². The molecule has 16 heavy (non-hydrogen) atoms. The Kier molecular flexibility index (Phi) is 6.61. The largest absolute Gasteiger partial charge is 0.496 e. The zero-order valence-corrected chi connectivity index (χ0v) is 10.2. The van der Waals surface area contributed by atoms with Crippen molar-refractivity contribution in [2.24, 2.45) is 0 Å². The summed E-state index contributed by atoms with van der Waals surface area (Å²) >= 11 is 0. The molecule has 0 saturated carbocycles. The van der Waals surface area contributed by atoms with Crippen LogP contribution in [0.5, 0.6) is 5.75 Å². The quantitative estimate of drug-likeness (QED) is 0.682. The van der Waals surface area contributed by atoms with Crippen molar-refractivity contribution in [2.75, 3.05) is 33.9 Å². The van der Waals surface area contributed by atoms with Crippen LogP contribution in [-0.2, 0) is 11.2 Å². The van der Waals surface area contributed by atoms with E-state index in [9.17, 15) is 0 Å². The van der Waals surface area contributed by atoms with Crippen LogP contribution in [0.25, 0.3) is 0 Å². The molecule has 1 rings (SSSR count). The molecular weight excluding hydrogens is 202 g/mol. The summed E-state index contributed by atoms with van der Waals surface area (Å²) in [4.78, 5) is 0. The number of nitrogens with one attached hydrogen (secondary N) is 1. The molecular formula is C13H21NO2. The molecule has 1 N–H and O–H groups in total. The minimum atomic E-state index is 0.772. The molecule has 3 heteroatoms. The van der Waals surface area contributed by atoms with Gasteiger partial charge in [0.25, 0.3) is 0 Å². The molecule has 1 aromatic rings. The van der Waals surface area contributed by atoms with Gasteiger partial charge in [0, 0.05) is 13.7 Å². The molecule has 0 radical (unpaired) electrons. The van der Waals surface area contributed by atoms with Gasteiger partial charge in [-0.25, -0.2) is 0 Å². The summed E-state index contributed by atoms with van der Waals surface area (Å²) in [5.41, 5.74) is 1.28. The van der Waals surface area contributed by atoms with Crippen molar-refractivity contribution in [3.63, 3.8) is 0 Å². The van der Waals surface area contributed by atoms with E-state index in [1.807, 2.05) is 12.1 Å². The van der Waals surface area contributed by atoms with E-state index in [4.69, 9.17) is 9.47 Å². The third-order valence-corrected chi connectivity index (χ3v) is 2.48. The topological polar surface area (TPSA) is 30.5 Å². The molecule has 0 bridgehead atoms. The van der Waals surface area contributed by atoms with Crippen molar-refractivity contribution >= 4 is 0 Å². The van der Waals surface area contributed by atoms with Gasteiger partial charge < -0.3 is 14.8 Å². The SMILES string of the molecule is COCCNCCCc1ccccc1OC. The fourth-order valence-corrected chi connectivity index (χ4v) is 1.61. The number of para-hydroxylation sites is 1. The Balaban J connectivity index is 2.21. The molecule has 0 atom stereocenters. The van der Waals surface area contributed by atoms with Crippen LogP contribution in [0, 0.1) is 0 Å². The van der Waals surface area contributed by atoms with Crippen LogP contribution in [0.4, 0.5) is 0 Å². The fraction of sp³-hybridized carbons (Fsp3) is 0.538. The van der Waals surface area contributed by atoms with E-state index in [2.05, 4.69) is 17.4 Å². The highest BCUT2D eigenvalue weighted by Gasteiger charge is 2.00. The third kappa shape index (κ3) is 4.64. The summed E-state index contributed by atoms with van der Waals surface area (Å²) in [5.74, 6) is 0.986. The van der Waals surface area contributed by atoms with E-state index in [1.165, 1.54) is 5.56 Å². The van der Waals surface area contributed by atoms with Crippen molar-refractivity contribution in [3.05, 3.63) is 29.8 Å². The highest BCUT2D eigenvalue weighted by Crippen LogP contribution is 2.18. The normalized spacial score (nSPS) is 10.4. The van der Waals surface area contributed by atoms with Gasteiger partial charge in [0.15, 0.2) is 0 Å². The van der Waals surface area contributed by atoms with E-state index in [-0.39, 0.29) is 0 Å². The van der Waals surface area contributed by atoms with Gasteiger partial charge in [-0.2, -0.15) is 0 Å². The lowest BCUT2D eigenvalue weighted by Gasteiger charge is -2.08. The van der Waals surface area contributed by atoms with Crippen LogP contribution in [0.15, 0.2) is 24.3 Å². The van der Waals surface area contributed by atoms with Crippen molar-refractivity contribution in [3.8, 4) is 5.75 Å². The Morgan fingerprint density at radius 2 is 1.94 bits per heavy atom. The zero-order valence-electron chi connectivity index (χ0n) is 10.2. The summed E-state index contributed by atoms with van der Waals surface area (Å²) < 4.78 is 10.3. The zero-order chi connectivity index (χ0) is 11.6. The van der Waals surface area contributed by atoms with Gasteiger partial charge in [-0.3, -0.25) is 0 Å². The number of ether oxygens (including phenoxy) is 2. The summed E-state index contributed by atoms with van der Waals surface area (Å²) in [6.45, 7) is 2.71. The summed E-state index contributed by atoms with van der Waals surface area (Å²) in [7, 11) is 3.44. The maximum absolute atomic E-state index is 5.30. The van der Waals surface area contributed by atoms with Crippen LogP contribution < -0.4 is 10.1 Å². The molecule has 1 aromatic carbocycles. The lowest BCUT2D eigenvalue weighted by molar-refractivity contribution is 0.199. The maximum atomic E-state index is 5.30.